The summed E-state index contributed by atoms with van der Waals surface area (Å²) in [6.07, 6.45) is 4.70. The maximum absolute atomic E-state index is 12.5. The molecule has 0 aliphatic heterocycles. The molecule has 1 heterocycles. The molecule has 1 aromatic heterocycles. The first-order valence-corrected chi connectivity index (χ1v) is 8.40. The quantitative estimate of drug-likeness (QED) is 0.802. The van der Waals surface area contributed by atoms with Gasteiger partial charge in [0.25, 0.3) is 5.91 Å². The van der Waals surface area contributed by atoms with Crippen LogP contribution in [0.15, 0.2) is 35.6 Å². The van der Waals surface area contributed by atoms with Crippen molar-refractivity contribution in [3.63, 3.8) is 0 Å². The van der Waals surface area contributed by atoms with E-state index in [0.717, 1.165) is 12.8 Å². The highest BCUT2D eigenvalue weighted by Crippen LogP contribution is 2.33. The Balaban J connectivity index is 1.91. The van der Waals surface area contributed by atoms with E-state index in [9.17, 15) is 10.0 Å². The topological polar surface area (TPSA) is 73.0 Å². The highest BCUT2D eigenvalue weighted by Gasteiger charge is 2.23. The van der Waals surface area contributed by atoms with E-state index in [4.69, 9.17) is 32.7 Å². The largest absolute Gasteiger partial charge is 0.493 e. The zero-order valence-electron chi connectivity index (χ0n) is 13.4. The number of hydrogen-bond donors (Lipinski definition) is 1. The lowest BCUT2D eigenvalue weighted by atomic mass is 10.2. The molecule has 1 aromatic carbocycles. The molecule has 0 unspecified atom stereocenters. The molecule has 0 radical (unpaired) electrons. The molecule has 0 atom stereocenters. The van der Waals surface area contributed by atoms with Gasteiger partial charge < -0.3 is 14.7 Å². The molecule has 1 aliphatic rings. The second kappa shape index (κ2) is 7.37. The third-order valence-electron chi connectivity index (χ3n) is 3.74. The third kappa shape index (κ3) is 4.27. The lowest BCUT2D eigenvalue weighted by molar-refractivity contribution is 0.0997. The maximum atomic E-state index is 12.5. The zero-order chi connectivity index (χ0) is 18.0. The van der Waals surface area contributed by atoms with E-state index in [1.807, 2.05) is 0 Å². The summed E-state index contributed by atoms with van der Waals surface area (Å²) >= 11 is 12.0. The van der Waals surface area contributed by atoms with Crippen molar-refractivity contribution < 1.29 is 19.5 Å². The fraction of sp³-hybridized carbons (Fsp3) is 0.294. The van der Waals surface area contributed by atoms with E-state index in [-0.39, 0.29) is 15.4 Å². The number of carbonyl (C=O) groups excluding carboxylic acids is 1. The van der Waals surface area contributed by atoms with Crippen LogP contribution in [0, 0.1) is 5.92 Å². The van der Waals surface area contributed by atoms with Crippen LogP contribution >= 0.6 is 23.2 Å². The highest BCUT2D eigenvalue weighted by atomic mass is 35.5. The van der Waals surface area contributed by atoms with Gasteiger partial charge in [0, 0.05) is 5.56 Å². The summed E-state index contributed by atoms with van der Waals surface area (Å²) in [6.45, 7) is 0.595. The number of amides is 1. The first-order valence-electron chi connectivity index (χ1n) is 7.64. The maximum Gasteiger partial charge on any atom is 0.277 e. The van der Waals surface area contributed by atoms with Crippen LogP contribution in [0.25, 0.3) is 0 Å². The van der Waals surface area contributed by atoms with Crippen molar-refractivity contribution in [1.29, 1.82) is 0 Å². The second-order valence-electron chi connectivity index (χ2n) is 5.72. The number of rotatable bonds is 5. The minimum absolute atomic E-state index is 0.0575. The Labute approximate surface area is 154 Å². The SMILES string of the molecule is COc1ccc(C(=O)N=c2c(Cl)cn(O)cc2Cl)cc1OCC1CC1. The van der Waals surface area contributed by atoms with Crippen LogP contribution in [-0.4, -0.2) is 29.6 Å². The lowest BCUT2D eigenvalue weighted by Crippen LogP contribution is -2.12. The van der Waals surface area contributed by atoms with E-state index >= 15 is 0 Å². The number of nitrogens with zero attached hydrogens (tertiary/aromatic N) is 2. The average Bonchev–Trinajstić information content (AvgIpc) is 3.40. The molecule has 6 nitrogen and oxygen atoms in total. The van der Waals surface area contributed by atoms with Gasteiger partial charge in [0.15, 0.2) is 11.5 Å². The van der Waals surface area contributed by atoms with E-state index in [0.29, 0.717) is 34.3 Å². The Morgan fingerprint density at radius 3 is 2.56 bits per heavy atom. The minimum Gasteiger partial charge on any atom is -0.493 e. The van der Waals surface area contributed by atoms with E-state index in [2.05, 4.69) is 4.99 Å². The molecule has 3 rings (SSSR count). The van der Waals surface area contributed by atoms with Gasteiger partial charge in [-0.3, -0.25) is 4.79 Å². The molecular weight excluding hydrogens is 367 g/mol. The standard InChI is InChI=1S/C17H16Cl2N2O4/c1-24-14-5-4-11(6-15(14)25-9-10-2-3-10)17(22)20-16-12(18)7-21(23)8-13(16)19/h4-8,10,23H,2-3,9H2,1H3. The molecule has 0 spiro atoms. The fourth-order valence-corrected chi connectivity index (χ4v) is 2.73. The van der Waals surface area contributed by atoms with Crippen molar-refractivity contribution in [3.05, 3.63) is 51.6 Å². The predicted octanol–water partition coefficient (Wildman–Crippen LogP) is 3.57. The van der Waals surface area contributed by atoms with Crippen LogP contribution in [0.1, 0.15) is 23.2 Å². The number of methoxy groups -OCH3 is 1. The summed E-state index contributed by atoms with van der Waals surface area (Å²) in [7, 11) is 1.54. The van der Waals surface area contributed by atoms with Crippen molar-refractivity contribution in [2.75, 3.05) is 13.7 Å². The summed E-state index contributed by atoms with van der Waals surface area (Å²) in [5, 5.41) is 9.57. The number of hydrogen-bond acceptors (Lipinski definition) is 4. The predicted molar refractivity (Wildman–Crippen MR) is 92.7 cm³/mol. The molecule has 1 aliphatic carbocycles. The molecule has 1 amide bonds. The van der Waals surface area contributed by atoms with E-state index < -0.39 is 5.91 Å². The summed E-state index contributed by atoms with van der Waals surface area (Å²) in [4.78, 5) is 16.4. The first-order chi connectivity index (χ1) is 12.0. The molecule has 2 aromatic rings. The molecule has 0 bridgehead atoms. The number of ether oxygens (including phenoxy) is 2. The smallest absolute Gasteiger partial charge is 0.277 e. The van der Waals surface area contributed by atoms with Gasteiger partial charge in [-0.05, 0) is 37.0 Å². The summed E-state index contributed by atoms with van der Waals surface area (Å²) in [6, 6.07) is 4.83. The summed E-state index contributed by atoms with van der Waals surface area (Å²) in [5.74, 6) is 1.09. The van der Waals surface area contributed by atoms with Gasteiger partial charge in [0.05, 0.1) is 36.2 Å². The molecule has 132 valence electrons. The second-order valence-corrected chi connectivity index (χ2v) is 6.53. The monoisotopic (exact) mass is 382 g/mol. The molecule has 8 heteroatoms. The fourth-order valence-electron chi connectivity index (χ4n) is 2.19. The Bertz CT molecular complexity index is 849. The minimum atomic E-state index is -0.529. The Hall–Kier alpha value is -2.18. The Morgan fingerprint density at radius 2 is 1.96 bits per heavy atom. The van der Waals surface area contributed by atoms with Gasteiger partial charge in [-0.25, -0.2) is 4.99 Å². The van der Waals surface area contributed by atoms with Crippen LogP contribution in [0.2, 0.25) is 10.0 Å². The highest BCUT2D eigenvalue weighted by molar-refractivity contribution is 6.34. The summed E-state index contributed by atoms with van der Waals surface area (Å²) < 4.78 is 11.7. The van der Waals surface area contributed by atoms with Crippen molar-refractivity contribution in [1.82, 2.24) is 4.73 Å². The van der Waals surface area contributed by atoms with Crippen LogP contribution in [-0.2, 0) is 0 Å². The van der Waals surface area contributed by atoms with Crippen molar-refractivity contribution in [2.45, 2.75) is 12.8 Å². The van der Waals surface area contributed by atoms with Crippen LogP contribution in [0.4, 0.5) is 0 Å². The number of pyridine rings is 1. The van der Waals surface area contributed by atoms with Crippen molar-refractivity contribution in [2.24, 2.45) is 10.9 Å². The number of carbonyl (C=O) groups is 1. The van der Waals surface area contributed by atoms with Gasteiger partial charge in [-0.15, -0.1) is 0 Å². The van der Waals surface area contributed by atoms with Gasteiger partial charge >= 0.3 is 0 Å². The van der Waals surface area contributed by atoms with Crippen molar-refractivity contribution in [3.8, 4) is 11.5 Å². The molecule has 1 saturated carbocycles. The van der Waals surface area contributed by atoms with Crippen LogP contribution in [0.5, 0.6) is 11.5 Å². The van der Waals surface area contributed by atoms with Gasteiger partial charge in [0.1, 0.15) is 5.36 Å². The molecule has 1 N–H and O–H groups in total. The average molecular weight is 383 g/mol. The number of benzene rings is 1. The number of halogens is 2. The van der Waals surface area contributed by atoms with Gasteiger partial charge in [-0.2, -0.15) is 4.73 Å². The molecular formula is C17H16Cl2N2O4. The summed E-state index contributed by atoms with van der Waals surface area (Å²) in [5.41, 5.74) is 0.319. The number of aromatic nitrogens is 1. The Kier molecular flexibility index (Phi) is 5.20. The lowest BCUT2D eigenvalue weighted by Gasteiger charge is -2.11. The normalized spacial score (nSPS) is 13.4. The molecule has 1 fully saturated rings. The first kappa shape index (κ1) is 17.6. The van der Waals surface area contributed by atoms with E-state index in [1.54, 1.807) is 25.3 Å². The van der Waals surface area contributed by atoms with Gasteiger partial charge in [-0.1, -0.05) is 23.2 Å². The van der Waals surface area contributed by atoms with Gasteiger partial charge in [0.2, 0.25) is 0 Å². The van der Waals surface area contributed by atoms with E-state index in [1.165, 1.54) is 12.4 Å². The zero-order valence-corrected chi connectivity index (χ0v) is 14.9. The molecule has 25 heavy (non-hydrogen) atoms. The molecule has 0 saturated heterocycles. The third-order valence-corrected chi connectivity index (χ3v) is 4.29. The Morgan fingerprint density at radius 1 is 1.28 bits per heavy atom. The van der Waals surface area contributed by atoms with Crippen LogP contribution < -0.4 is 14.8 Å². The van der Waals surface area contributed by atoms with Crippen LogP contribution in [0.3, 0.4) is 0 Å². The van der Waals surface area contributed by atoms with Crippen molar-refractivity contribution >= 4 is 29.1 Å².